The van der Waals surface area contributed by atoms with E-state index in [0.717, 1.165) is 33.8 Å². The molecule has 0 unspecified atom stereocenters. The first kappa shape index (κ1) is 28.4. The average molecular weight is 588 g/mol. The van der Waals surface area contributed by atoms with Crippen LogP contribution < -0.4 is 14.9 Å². The Labute approximate surface area is 254 Å². The van der Waals surface area contributed by atoms with Gasteiger partial charge in [-0.15, -0.1) is 0 Å². The van der Waals surface area contributed by atoms with Gasteiger partial charge in [-0.25, -0.2) is 9.79 Å². The molecule has 1 atom stereocenters. The Balaban J connectivity index is 1.59. The zero-order valence-corrected chi connectivity index (χ0v) is 25.7. The molecule has 0 saturated carbocycles. The number of hydrogen-bond acceptors (Lipinski definition) is 5. The van der Waals surface area contributed by atoms with E-state index in [0.29, 0.717) is 20.6 Å². The van der Waals surface area contributed by atoms with Gasteiger partial charge < -0.3 is 9.30 Å². The molecule has 2 aromatic heterocycles. The van der Waals surface area contributed by atoms with Crippen molar-refractivity contribution in [2.75, 3.05) is 6.61 Å². The van der Waals surface area contributed by atoms with Crippen molar-refractivity contribution in [3.05, 3.63) is 149 Å². The Morgan fingerprint density at radius 3 is 2.23 bits per heavy atom. The Hall–Kier alpha value is -4.75. The molecule has 1 aliphatic heterocycles. The van der Waals surface area contributed by atoms with Gasteiger partial charge in [0.1, 0.15) is 0 Å². The van der Waals surface area contributed by atoms with Crippen LogP contribution >= 0.6 is 11.3 Å². The molecule has 43 heavy (non-hydrogen) atoms. The molecule has 0 bridgehead atoms. The SMILES string of the molecule is CCOC(=O)C1=C(c2ccccc2)N=c2s/c(=C/c3cc(C)n(-c4cc(C)cc(C)c4)c3C)c(=O)n2[C@H]1c1ccccc1. The molecule has 6 nitrogen and oxygen atoms in total. The van der Waals surface area contributed by atoms with Crippen LogP contribution in [-0.2, 0) is 9.53 Å². The summed E-state index contributed by atoms with van der Waals surface area (Å²) in [5.41, 5.74) is 8.88. The van der Waals surface area contributed by atoms with E-state index in [1.807, 2.05) is 66.7 Å². The minimum Gasteiger partial charge on any atom is -0.463 e. The number of fused-ring (bicyclic) bond motifs is 1. The summed E-state index contributed by atoms with van der Waals surface area (Å²) < 4.78 is 9.98. The first-order chi connectivity index (χ1) is 20.8. The first-order valence-electron chi connectivity index (χ1n) is 14.4. The molecule has 3 aromatic carbocycles. The van der Waals surface area contributed by atoms with Crippen LogP contribution in [0.25, 0.3) is 17.5 Å². The van der Waals surface area contributed by atoms with Gasteiger partial charge >= 0.3 is 5.97 Å². The molecule has 0 fully saturated rings. The molecule has 0 saturated heterocycles. The van der Waals surface area contributed by atoms with Gasteiger partial charge in [0.05, 0.1) is 28.5 Å². The highest BCUT2D eigenvalue weighted by Crippen LogP contribution is 2.35. The Kier molecular flexibility index (Phi) is 7.59. The van der Waals surface area contributed by atoms with E-state index in [2.05, 4.69) is 56.5 Å². The zero-order chi connectivity index (χ0) is 30.2. The summed E-state index contributed by atoms with van der Waals surface area (Å²) in [5, 5.41) is 0. The van der Waals surface area contributed by atoms with E-state index in [9.17, 15) is 9.59 Å². The van der Waals surface area contributed by atoms with Crippen LogP contribution in [0.3, 0.4) is 0 Å². The molecule has 5 aromatic rings. The second-order valence-electron chi connectivity index (χ2n) is 10.8. The van der Waals surface area contributed by atoms with Gasteiger partial charge in [0.2, 0.25) is 0 Å². The largest absolute Gasteiger partial charge is 0.463 e. The molecule has 0 radical (unpaired) electrons. The van der Waals surface area contributed by atoms with Gasteiger partial charge in [-0.1, -0.05) is 78.1 Å². The third-order valence-corrected chi connectivity index (χ3v) is 8.69. The Morgan fingerprint density at radius 2 is 1.58 bits per heavy atom. The maximum atomic E-state index is 14.2. The molecule has 6 rings (SSSR count). The van der Waals surface area contributed by atoms with Crippen LogP contribution in [0.2, 0.25) is 0 Å². The molecular formula is C36H33N3O3S. The second-order valence-corrected chi connectivity index (χ2v) is 11.9. The van der Waals surface area contributed by atoms with E-state index in [-0.39, 0.29) is 12.2 Å². The summed E-state index contributed by atoms with van der Waals surface area (Å²) in [4.78, 5) is 33.3. The third-order valence-electron chi connectivity index (χ3n) is 7.71. The highest BCUT2D eigenvalue weighted by atomic mass is 32.1. The van der Waals surface area contributed by atoms with Crippen molar-refractivity contribution in [2.45, 2.75) is 40.7 Å². The van der Waals surface area contributed by atoms with Crippen molar-refractivity contribution in [3.8, 4) is 5.69 Å². The quantitative estimate of drug-likeness (QED) is 0.230. The number of nitrogens with zero attached hydrogens (tertiary/aromatic N) is 3. The second kappa shape index (κ2) is 11.5. The van der Waals surface area contributed by atoms with E-state index in [1.54, 1.807) is 11.5 Å². The number of aromatic nitrogens is 2. The highest BCUT2D eigenvalue weighted by molar-refractivity contribution is 7.07. The third kappa shape index (κ3) is 5.21. The molecule has 7 heteroatoms. The van der Waals surface area contributed by atoms with Gasteiger partial charge in [0, 0.05) is 22.6 Å². The van der Waals surface area contributed by atoms with E-state index >= 15 is 0 Å². The molecule has 216 valence electrons. The number of hydrogen-bond donors (Lipinski definition) is 0. The number of benzene rings is 3. The van der Waals surface area contributed by atoms with Crippen LogP contribution in [0.5, 0.6) is 0 Å². The zero-order valence-electron chi connectivity index (χ0n) is 24.9. The van der Waals surface area contributed by atoms with E-state index in [4.69, 9.17) is 9.73 Å². The maximum absolute atomic E-state index is 14.2. The van der Waals surface area contributed by atoms with Crippen molar-refractivity contribution in [1.82, 2.24) is 9.13 Å². The lowest BCUT2D eigenvalue weighted by Crippen LogP contribution is -2.40. The number of esters is 1. The Morgan fingerprint density at radius 1 is 0.930 bits per heavy atom. The highest BCUT2D eigenvalue weighted by Gasteiger charge is 2.35. The van der Waals surface area contributed by atoms with Crippen LogP contribution in [0.15, 0.2) is 100 Å². The van der Waals surface area contributed by atoms with Crippen molar-refractivity contribution >= 4 is 29.1 Å². The van der Waals surface area contributed by atoms with Crippen LogP contribution in [-0.4, -0.2) is 21.7 Å². The number of aryl methyl sites for hydroxylation is 3. The number of carbonyl (C=O) groups excluding carboxylic acids is 1. The minimum atomic E-state index is -0.684. The van der Waals surface area contributed by atoms with Crippen molar-refractivity contribution in [3.63, 3.8) is 0 Å². The molecule has 0 N–H and O–H groups in total. The normalized spacial score (nSPS) is 14.9. The maximum Gasteiger partial charge on any atom is 0.338 e. The summed E-state index contributed by atoms with van der Waals surface area (Å²) in [6.07, 6.45) is 1.95. The molecular weight excluding hydrogens is 554 g/mol. The summed E-state index contributed by atoms with van der Waals surface area (Å²) in [7, 11) is 0. The van der Waals surface area contributed by atoms with E-state index in [1.165, 1.54) is 22.5 Å². The van der Waals surface area contributed by atoms with Crippen LogP contribution in [0.1, 0.15) is 52.2 Å². The van der Waals surface area contributed by atoms with Crippen LogP contribution in [0.4, 0.5) is 0 Å². The number of thiazole rings is 1. The molecule has 0 amide bonds. The van der Waals surface area contributed by atoms with Gasteiger partial charge in [-0.3, -0.25) is 9.36 Å². The summed E-state index contributed by atoms with van der Waals surface area (Å²) >= 11 is 1.34. The van der Waals surface area contributed by atoms with Gasteiger partial charge in [0.25, 0.3) is 5.56 Å². The number of carbonyl (C=O) groups is 1. The molecule has 3 heterocycles. The summed E-state index contributed by atoms with van der Waals surface area (Å²) in [5.74, 6) is -0.481. The van der Waals surface area contributed by atoms with E-state index < -0.39 is 12.0 Å². The number of ether oxygens (including phenoxy) is 1. The average Bonchev–Trinajstić information content (AvgIpc) is 3.46. The smallest absolute Gasteiger partial charge is 0.338 e. The number of rotatable bonds is 6. The van der Waals surface area contributed by atoms with Crippen LogP contribution in [0, 0.1) is 27.7 Å². The van der Waals surface area contributed by atoms with Gasteiger partial charge in [-0.2, -0.15) is 0 Å². The fraction of sp³-hybridized carbons (Fsp3) is 0.194. The predicted molar refractivity (Wildman–Crippen MR) is 172 cm³/mol. The standard InChI is InChI=1S/C36H33N3O3S/c1-6-42-35(41)31-32(26-13-9-7-10-14-26)37-36-39(33(31)27-15-11-8-12-16-27)34(40)30(43-36)21-28-20-24(4)38(25(28)5)29-18-22(2)17-23(3)19-29/h7-21,33H,6H2,1-5H3/b30-21+/t33-/m0/s1. The lowest BCUT2D eigenvalue weighted by molar-refractivity contribution is -0.138. The first-order valence-corrected chi connectivity index (χ1v) is 15.2. The summed E-state index contributed by atoms with van der Waals surface area (Å²) in [6.45, 7) is 10.4. The Bertz CT molecular complexity index is 2050. The lowest BCUT2D eigenvalue weighted by atomic mass is 9.93. The molecule has 1 aliphatic rings. The predicted octanol–water partition coefficient (Wildman–Crippen LogP) is 5.96. The monoisotopic (exact) mass is 587 g/mol. The summed E-state index contributed by atoms with van der Waals surface area (Å²) in [6, 6.07) is 27.2. The van der Waals surface area contributed by atoms with Gasteiger partial charge in [-0.05, 0) is 81.1 Å². The van der Waals surface area contributed by atoms with Crippen molar-refractivity contribution in [2.24, 2.45) is 4.99 Å². The minimum absolute atomic E-state index is 0.192. The molecule has 0 spiro atoms. The lowest BCUT2D eigenvalue weighted by Gasteiger charge is -2.25. The topological polar surface area (TPSA) is 65.6 Å². The van der Waals surface area contributed by atoms with Gasteiger partial charge in [0.15, 0.2) is 4.80 Å². The fourth-order valence-electron chi connectivity index (χ4n) is 5.94. The van der Waals surface area contributed by atoms with Crippen molar-refractivity contribution < 1.29 is 9.53 Å². The fourth-order valence-corrected chi connectivity index (χ4v) is 6.93. The van der Waals surface area contributed by atoms with Crippen molar-refractivity contribution in [1.29, 1.82) is 0 Å². The molecule has 0 aliphatic carbocycles.